The Morgan fingerprint density at radius 2 is 2.04 bits per heavy atom. The molecule has 0 fully saturated rings. The van der Waals surface area contributed by atoms with Crippen LogP contribution in [0.15, 0.2) is 54.7 Å². The van der Waals surface area contributed by atoms with Crippen molar-refractivity contribution in [3.8, 4) is 6.07 Å². The first-order chi connectivity index (χ1) is 13.1. The van der Waals surface area contributed by atoms with E-state index in [4.69, 9.17) is 5.26 Å². The average Bonchev–Trinajstić information content (AvgIpc) is 3.04. The van der Waals surface area contributed by atoms with Crippen molar-refractivity contribution in [3.05, 3.63) is 71.7 Å². The molecule has 0 N–H and O–H groups in total. The van der Waals surface area contributed by atoms with Crippen molar-refractivity contribution in [2.24, 2.45) is 0 Å². The lowest BCUT2D eigenvalue weighted by Gasteiger charge is -2.19. The molecule has 0 amide bonds. The number of carbonyl (C=O) groups is 1. The summed E-state index contributed by atoms with van der Waals surface area (Å²) in [6.45, 7) is 4.02. The van der Waals surface area contributed by atoms with E-state index in [2.05, 4.69) is 6.07 Å². The first-order valence-corrected chi connectivity index (χ1v) is 9.07. The normalized spacial score (nSPS) is 11.0. The standard InChI is InChI=1S/C22H22FN3O/c1-2-25(14-17-7-5-8-18(23)13-17)16-22(27)20-15-26(12-6-11-24)21-10-4-3-9-19(20)21/h3-5,7-10,13,15H,2,6,12,14,16H2,1H3. The SMILES string of the molecule is CCN(CC(=O)c1cn(CCC#N)c2ccccc12)Cc1cccc(F)c1. The number of carbonyl (C=O) groups excluding carboxylic acids is 1. The van der Waals surface area contributed by atoms with Gasteiger partial charge in [0.05, 0.1) is 19.0 Å². The lowest BCUT2D eigenvalue weighted by molar-refractivity contribution is 0.0931. The lowest BCUT2D eigenvalue weighted by Crippen LogP contribution is -2.29. The van der Waals surface area contributed by atoms with Gasteiger partial charge in [-0.25, -0.2) is 4.39 Å². The molecule has 1 aromatic heterocycles. The van der Waals surface area contributed by atoms with E-state index in [0.29, 0.717) is 31.6 Å². The van der Waals surface area contributed by atoms with E-state index in [9.17, 15) is 9.18 Å². The molecular weight excluding hydrogens is 341 g/mol. The highest BCUT2D eigenvalue weighted by molar-refractivity contribution is 6.09. The minimum Gasteiger partial charge on any atom is -0.346 e. The molecule has 3 rings (SSSR count). The highest BCUT2D eigenvalue weighted by Crippen LogP contribution is 2.22. The Morgan fingerprint density at radius 1 is 1.22 bits per heavy atom. The topological polar surface area (TPSA) is 49.0 Å². The number of nitrogens with zero attached hydrogens (tertiary/aromatic N) is 3. The Labute approximate surface area is 158 Å². The molecule has 1 heterocycles. The van der Waals surface area contributed by atoms with Gasteiger partial charge in [-0.1, -0.05) is 37.3 Å². The van der Waals surface area contributed by atoms with E-state index in [1.807, 2.05) is 52.9 Å². The molecular formula is C22H22FN3O. The zero-order chi connectivity index (χ0) is 19.2. The number of nitriles is 1. The van der Waals surface area contributed by atoms with Gasteiger partial charge in [-0.2, -0.15) is 5.26 Å². The number of Topliss-reactive ketones (excluding diaryl/α,β-unsaturated/α-hetero) is 1. The van der Waals surface area contributed by atoms with Crippen molar-refractivity contribution in [2.45, 2.75) is 26.4 Å². The number of para-hydroxylation sites is 1. The van der Waals surface area contributed by atoms with Gasteiger partial charge in [0, 0.05) is 35.8 Å². The third kappa shape index (κ3) is 4.42. The summed E-state index contributed by atoms with van der Waals surface area (Å²) in [7, 11) is 0. The molecule has 27 heavy (non-hydrogen) atoms. The van der Waals surface area contributed by atoms with Gasteiger partial charge in [0.15, 0.2) is 5.78 Å². The van der Waals surface area contributed by atoms with Crippen LogP contribution in [0, 0.1) is 17.1 Å². The van der Waals surface area contributed by atoms with Gasteiger partial charge < -0.3 is 4.57 Å². The van der Waals surface area contributed by atoms with Crippen LogP contribution in [0.5, 0.6) is 0 Å². The van der Waals surface area contributed by atoms with Crippen LogP contribution in [0.3, 0.4) is 0 Å². The number of ketones is 1. The maximum atomic E-state index is 13.4. The van der Waals surface area contributed by atoms with Crippen molar-refractivity contribution >= 4 is 16.7 Å². The molecule has 0 atom stereocenters. The first kappa shape index (κ1) is 18.8. The Kier molecular flexibility index (Phi) is 6.00. The van der Waals surface area contributed by atoms with Crippen LogP contribution in [0.2, 0.25) is 0 Å². The minimum absolute atomic E-state index is 0.0279. The smallest absolute Gasteiger partial charge is 0.178 e. The van der Waals surface area contributed by atoms with Crippen molar-refractivity contribution in [2.75, 3.05) is 13.1 Å². The van der Waals surface area contributed by atoms with E-state index < -0.39 is 0 Å². The third-order valence-electron chi connectivity index (χ3n) is 4.66. The summed E-state index contributed by atoms with van der Waals surface area (Å²) in [5, 5.41) is 9.77. The summed E-state index contributed by atoms with van der Waals surface area (Å²) in [6.07, 6.45) is 2.24. The van der Waals surface area contributed by atoms with E-state index in [0.717, 1.165) is 16.5 Å². The number of aromatic nitrogens is 1. The maximum Gasteiger partial charge on any atom is 0.178 e. The third-order valence-corrected chi connectivity index (χ3v) is 4.66. The Morgan fingerprint density at radius 3 is 2.78 bits per heavy atom. The molecule has 0 spiro atoms. The Bertz CT molecular complexity index is 987. The second-order valence-electron chi connectivity index (χ2n) is 6.52. The van der Waals surface area contributed by atoms with Crippen LogP contribution in [0.25, 0.3) is 10.9 Å². The monoisotopic (exact) mass is 363 g/mol. The average molecular weight is 363 g/mol. The molecule has 0 saturated carbocycles. The fourth-order valence-electron chi connectivity index (χ4n) is 3.29. The number of benzene rings is 2. The molecule has 0 aliphatic rings. The van der Waals surface area contributed by atoms with Crippen LogP contribution in [0.4, 0.5) is 4.39 Å². The van der Waals surface area contributed by atoms with Gasteiger partial charge in [-0.3, -0.25) is 9.69 Å². The van der Waals surface area contributed by atoms with E-state index in [-0.39, 0.29) is 18.1 Å². The predicted octanol–water partition coefficient (Wildman–Crippen LogP) is 4.40. The maximum absolute atomic E-state index is 13.4. The van der Waals surface area contributed by atoms with Gasteiger partial charge in [0.1, 0.15) is 5.82 Å². The Balaban J connectivity index is 1.81. The summed E-state index contributed by atoms with van der Waals surface area (Å²) >= 11 is 0. The summed E-state index contributed by atoms with van der Waals surface area (Å²) < 4.78 is 15.4. The van der Waals surface area contributed by atoms with Crippen LogP contribution >= 0.6 is 0 Å². The fourth-order valence-corrected chi connectivity index (χ4v) is 3.29. The first-order valence-electron chi connectivity index (χ1n) is 9.07. The highest BCUT2D eigenvalue weighted by Gasteiger charge is 2.17. The molecule has 0 aliphatic heterocycles. The van der Waals surface area contributed by atoms with Crippen LogP contribution in [-0.2, 0) is 13.1 Å². The quantitative estimate of drug-likeness (QED) is 0.558. The Hall–Kier alpha value is -2.97. The molecule has 5 heteroatoms. The van der Waals surface area contributed by atoms with Crippen LogP contribution < -0.4 is 0 Å². The molecule has 4 nitrogen and oxygen atoms in total. The molecule has 0 bridgehead atoms. The number of halogens is 1. The molecule has 138 valence electrons. The van der Waals surface area contributed by atoms with Gasteiger partial charge in [-0.05, 0) is 30.3 Å². The molecule has 0 radical (unpaired) electrons. The number of hydrogen-bond donors (Lipinski definition) is 0. The fraction of sp³-hybridized carbons (Fsp3) is 0.273. The largest absolute Gasteiger partial charge is 0.346 e. The zero-order valence-corrected chi connectivity index (χ0v) is 15.4. The molecule has 3 aromatic rings. The summed E-state index contributed by atoms with van der Waals surface area (Å²) in [4.78, 5) is 15.0. The van der Waals surface area contributed by atoms with Crippen LogP contribution in [0.1, 0.15) is 29.3 Å². The van der Waals surface area contributed by atoms with Gasteiger partial charge in [-0.15, -0.1) is 0 Å². The number of likely N-dealkylation sites (N-methyl/N-ethyl adjacent to an activating group) is 1. The van der Waals surface area contributed by atoms with Crippen molar-refractivity contribution in [1.82, 2.24) is 9.47 Å². The van der Waals surface area contributed by atoms with E-state index in [1.54, 1.807) is 6.07 Å². The second kappa shape index (κ2) is 8.61. The van der Waals surface area contributed by atoms with E-state index in [1.165, 1.54) is 12.1 Å². The summed E-state index contributed by atoms with van der Waals surface area (Å²) in [5.41, 5.74) is 2.48. The zero-order valence-electron chi connectivity index (χ0n) is 15.4. The number of rotatable bonds is 8. The lowest BCUT2D eigenvalue weighted by atomic mass is 10.1. The minimum atomic E-state index is -0.268. The van der Waals surface area contributed by atoms with Crippen molar-refractivity contribution < 1.29 is 9.18 Å². The van der Waals surface area contributed by atoms with Gasteiger partial charge >= 0.3 is 0 Å². The van der Waals surface area contributed by atoms with Gasteiger partial charge in [0.2, 0.25) is 0 Å². The summed E-state index contributed by atoms with van der Waals surface area (Å²) in [6, 6.07) is 16.4. The van der Waals surface area contributed by atoms with E-state index >= 15 is 0 Å². The number of fused-ring (bicyclic) bond motifs is 1. The van der Waals surface area contributed by atoms with Crippen molar-refractivity contribution in [1.29, 1.82) is 5.26 Å². The van der Waals surface area contributed by atoms with Crippen molar-refractivity contribution in [3.63, 3.8) is 0 Å². The predicted molar refractivity (Wildman–Crippen MR) is 104 cm³/mol. The highest BCUT2D eigenvalue weighted by atomic mass is 19.1. The molecule has 0 aliphatic carbocycles. The van der Waals surface area contributed by atoms with Gasteiger partial charge in [0.25, 0.3) is 0 Å². The summed E-state index contributed by atoms with van der Waals surface area (Å²) in [5.74, 6) is -0.240. The van der Waals surface area contributed by atoms with Crippen LogP contribution in [-0.4, -0.2) is 28.3 Å². The number of hydrogen-bond acceptors (Lipinski definition) is 3. The molecule has 0 saturated heterocycles. The molecule has 2 aromatic carbocycles. The molecule has 0 unspecified atom stereocenters. The second-order valence-corrected chi connectivity index (χ2v) is 6.52. The number of aryl methyl sites for hydroxylation is 1.